The second-order valence-electron chi connectivity index (χ2n) is 5.98. The maximum Gasteiger partial charge on any atom is 0.227 e. The molecule has 3 rings (SSSR count). The van der Waals surface area contributed by atoms with Crippen molar-refractivity contribution < 1.29 is 4.79 Å². The lowest BCUT2D eigenvalue weighted by molar-refractivity contribution is -0.137. The summed E-state index contributed by atoms with van der Waals surface area (Å²) < 4.78 is 0. The number of likely N-dealkylation sites (tertiary alicyclic amines) is 1. The fourth-order valence-electron chi connectivity index (χ4n) is 3.98. The van der Waals surface area contributed by atoms with E-state index in [0.29, 0.717) is 11.9 Å². The van der Waals surface area contributed by atoms with E-state index >= 15 is 0 Å². The van der Waals surface area contributed by atoms with Gasteiger partial charge in [0.05, 0.1) is 5.92 Å². The van der Waals surface area contributed by atoms with Gasteiger partial charge in [-0.2, -0.15) is 0 Å². The molecular weight excluding hydrogens is 212 g/mol. The summed E-state index contributed by atoms with van der Waals surface area (Å²) in [5.74, 6) is 1.54. The Hall–Kier alpha value is -0.570. The smallest absolute Gasteiger partial charge is 0.227 e. The van der Waals surface area contributed by atoms with Gasteiger partial charge in [-0.15, -0.1) is 0 Å². The number of nitrogens with one attached hydrogen (secondary N) is 1. The standard InChI is InChI=1S/C14H24N2O/c17-14(12-5-3-8-15-10-12)16-9-7-11-4-1-2-6-13(11)16/h11-13,15H,1-10H2/t11?,12-,13?/m1/s1. The van der Waals surface area contributed by atoms with Crippen LogP contribution in [0.4, 0.5) is 0 Å². The largest absolute Gasteiger partial charge is 0.339 e. The van der Waals surface area contributed by atoms with Crippen LogP contribution in [0.5, 0.6) is 0 Å². The molecule has 2 unspecified atom stereocenters. The van der Waals surface area contributed by atoms with Crippen molar-refractivity contribution in [3.05, 3.63) is 0 Å². The molecule has 1 N–H and O–H groups in total. The van der Waals surface area contributed by atoms with Gasteiger partial charge in [-0.05, 0) is 44.6 Å². The Balaban J connectivity index is 1.65. The Kier molecular flexibility index (Phi) is 3.37. The van der Waals surface area contributed by atoms with Gasteiger partial charge in [0.15, 0.2) is 0 Å². The molecule has 0 radical (unpaired) electrons. The van der Waals surface area contributed by atoms with Crippen LogP contribution in [0.25, 0.3) is 0 Å². The minimum atomic E-state index is 0.268. The van der Waals surface area contributed by atoms with Crippen molar-refractivity contribution in [2.75, 3.05) is 19.6 Å². The molecule has 3 heteroatoms. The van der Waals surface area contributed by atoms with Gasteiger partial charge in [0, 0.05) is 19.1 Å². The van der Waals surface area contributed by atoms with E-state index in [1.807, 2.05) is 0 Å². The Morgan fingerprint density at radius 3 is 2.76 bits per heavy atom. The van der Waals surface area contributed by atoms with E-state index in [2.05, 4.69) is 10.2 Å². The highest BCUT2D eigenvalue weighted by Gasteiger charge is 2.40. The summed E-state index contributed by atoms with van der Waals surface area (Å²) in [7, 11) is 0. The molecule has 3 aliphatic rings. The summed E-state index contributed by atoms with van der Waals surface area (Å²) in [4.78, 5) is 14.8. The van der Waals surface area contributed by atoms with Crippen LogP contribution in [0, 0.1) is 11.8 Å². The van der Waals surface area contributed by atoms with Crippen LogP contribution >= 0.6 is 0 Å². The summed E-state index contributed by atoms with van der Waals surface area (Å²) in [6.07, 6.45) is 8.85. The van der Waals surface area contributed by atoms with Crippen molar-refractivity contribution in [2.24, 2.45) is 11.8 Å². The number of piperidine rings is 1. The molecule has 96 valence electrons. The minimum absolute atomic E-state index is 0.268. The predicted molar refractivity (Wildman–Crippen MR) is 67.7 cm³/mol. The van der Waals surface area contributed by atoms with Gasteiger partial charge in [0.25, 0.3) is 0 Å². The van der Waals surface area contributed by atoms with Crippen molar-refractivity contribution in [3.63, 3.8) is 0 Å². The van der Waals surface area contributed by atoms with E-state index in [1.165, 1.54) is 38.5 Å². The first-order chi connectivity index (χ1) is 8.36. The highest BCUT2D eigenvalue weighted by Crippen LogP contribution is 2.37. The zero-order chi connectivity index (χ0) is 11.7. The number of rotatable bonds is 1. The summed E-state index contributed by atoms with van der Waals surface area (Å²) in [5, 5.41) is 3.36. The van der Waals surface area contributed by atoms with Gasteiger partial charge < -0.3 is 10.2 Å². The summed E-state index contributed by atoms with van der Waals surface area (Å²) in [5.41, 5.74) is 0. The number of hydrogen-bond donors (Lipinski definition) is 1. The van der Waals surface area contributed by atoms with E-state index in [0.717, 1.165) is 32.0 Å². The molecule has 3 atom stereocenters. The molecule has 1 saturated carbocycles. The van der Waals surface area contributed by atoms with Crippen molar-refractivity contribution in [1.29, 1.82) is 0 Å². The van der Waals surface area contributed by atoms with E-state index < -0.39 is 0 Å². The maximum absolute atomic E-state index is 12.5. The molecule has 2 aliphatic heterocycles. The van der Waals surface area contributed by atoms with E-state index in [-0.39, 0.29) is 5.92 Å². The highest BCUT2D eigenvalue weighted by atomic mass is 16.2. The molecule has 2 saturated heterocycles. The first kappa shape index (κ1) is 11.5. The fourth-order valence-corrected chi connectivity index (χ4v) is 3.98. The summed E-state index contributed by atoms with van der Waals surface area (Å²) in [6, 6.07) is 0.596. The molecule has 0 aromatic rings. The fraction of sp³-hybridized carbons (Fsp3) is 0.929. The zero-order valence-electron chi connectivity index (χ0n) is 10.7. The first-order valence-electron chi connectivity index (χ1n) is 7.37. The average Bonchev–Trinajstić information content (AvgIpc) is 2.83. The van der Waals surface area contributed by atoms with Crippen LogP contribution in [0.15, 0.2) is 0 Å². The van der Waals surface area contributed by atoms with Crippen LogP contribution in [-0.2, 0) is 4.79 Å². The molecule has 0 spiro atoms. The van der Waals surface area contributed by atoms with Gasteiger partial charge in [-0.1, -0.05) is 12.8 Å². The molecule has 17 heavy (non-hydrogen) atoms. The zero-order valence-corrected chi connectivity index (χ0v) is 10.7. The third-order valence-corrected chi connectivity index (χ3v) is 4.94. The number of amides is 1. The number of carbonyl (C=O) groups is 1. The molecular formula is C14H24N2O. The number of nitrogens with zero attached hydrogens (tertiary/aromatic N) is 1. The normalized spacial score (nSPS) is 37.9. The lowest BCUT2D eigenvalue weighted by Gasteiger charge is -2.34. The van der Waals surface area contributed by atoms with Crippen LogP contribution in [0.1, 0.15) is 44.9 Å². The lowest BCUT2D eigenvalue weighted by Crippen LogP contribution is -2.46. The molecule has 1 aliphatic carbocycles. The number of carbonyl (C=O) groups excluding carboxylic acids is 1. The number of hydrogen-bond acceptors (Lipinski definition) is 2. The Bertz CT molecular complexity index is 286. The van der Waals surface area contributed by atoms with Crippen molar-refractivity contribution in [2.45, 2.75) is 51.0 Å². The summed E-state index contributed by atoms with van der Waals surface area (Å²) >= 11 is 0. The van der Waals surface area contributed by atoms with Crippen molar-refractivity contribution in [3.8, 4) is 0 Å². The Morgan fingerprint density at radius 1 is 1.06 bits per heavy atom. The molecule has 0 aromatic carbocycles. The Morgan fingerprint density at radius 2 is 1.94 bits per heavy atom. The van der Waals surface area contributed by atoms with Gasteiger partial charge in [-0.25, -0.2) is 0 Å². The maximum atomic E-state index is 12.5. The second-order valence-corrected chi connectivity index (χ2v) is 5.98. The highest BCUT2D eigenvalue weighted by molar-refractivity contribution is 5.79. The average molecular weight is 236 g/mol. The van der Waals surface area contributed by atoms with E-state index in [4.69, 9.17) is 0 Å². The van der Waals surface area contributed by atoms with Gasteiger partial charge in [0.2, 0.25) is 5.91 Å². The second kappa shape index (κ2) is 4.97. The predicted octanol–water partition coefficient (Wildman–Crippen LogP) is 1.78. The Labute approximate surface area is 104 Å². The SMILES string of the molecule is O=C([C@@H]1CCCNC1)N1CCC2CCCCC21. The van der Waals surface area contributed by atoms with Crippen molar-refractivity contribution in [1.82, 2.24) is 10.2 Å². The molecule has 2 heterocycles. The lowest BCUT2D eigenvalue weighted by atomic mass is 9.85. The van der Waals surface area contributed by atoms with Crippen LogP contribution < -0.4 is 5.32 Å². The van der Waals surface area contributed by atoms with E-state index in [9.17, 15) is 4.79 Å². The molecule has 1 amide bonds. The quantitative estimate of drug-likeness (QED) is 0.752. The monoisotopic (exact) mass is 236 g/mol. The molecule has 0 aromatic heterocycles. The van der Waals surface area contributed by atoms with Gasteiger partial charge >= 0.3 is 0 Å². The van der Waals surface area contributed by atoms with Crippen molar-refractivity contribution >= 4 is 5.91 Å². The van der Waals surface area contributed by atoms with Crippen LogP contribution in [0.3, 0.4) is 0 Å². The van der Waals surface area contributed by atoms with Crippen LogP contribution in [-0.4, -0.2) is 36.5 Å². The molecule has 0 bridgehead atoms. The first-order valence-corrected chi connectivity index (χ1v) is 7.37. The molecule has 3 nitrogen and oxygen atoms in total. The third kappa shape index (κ3) is 2.22. The van der Waals surface area contributed by atoms with Crippen LogP contribution in [0.2, 0.25) is 0 Å². The number of fused-ring (bicyclic) bond motifs is 1. The van der Waals surface area contributed by atoms with Gasteiger partial charge in [0.1, 0.15) is 0 Å². The van der Waals surface area contributed by atoms with Gasteiger partial charge in [-0.3, -0.25) is 4.79 Å². The molecule has 3 fully saturated rings. The topological polar surface area (TPSA) is 32.3 Å². The van der Waals surface area contributed by atoms with E-state index in [1.54, 1.807) is 0 Å². The summed E-state index contributed by atoms with van der Waals surface area (Å²) in [6.45, 7) is 3.03. The third-order valence-electron chi connectivity index (χ3n) is 4.94. The minimum Gasteiger partial charge on any atom is -0.339 e.